The summed E-state index contributed by atoms with van der Waals surface area (Å²) >= 11 is 0. The van der Waals surface area contributed by atoms with Gasteiger partial charge in [0.25, 0.3) is 0 Å². The quantitative estimate of drug-likeness (QED) is 0.340. The molecule has 9 heavy (non-hydrogen) atoms. The third-order valence-corrected chi connectivity index (χ3v) is 1.21. The average Bonchev–Trinajstić information content (AvgIpc) is 1.65. The second-order valence-electron chi connectivity index (χ2n) is 1.27. The van der Waals surface area contributed by atoms with E-state index < -0.39 is 27.0 Å². The number of rotatable bonds is 3. The van der Waals surface area contributed by atoms with E-state index in [4.69, 9.17) is 0 Å². The summed E-state index contributed by atoms with van der Waals surface area (Å²) in [7, 11) is -2.76. The van der Waals surface area contributed by atoms with Gasteiger partial charge in [-0.25, -0.2) is 8.78 Å². The Labute approximate surface area is 74.8 Å². The number of hydrogen-bond donors (Lipinski definition) is 0. The minimum atomic E-state index is -2.76. The molecule has 0 aromatic heterocycles. The summed E-state index contributed by atoms with van der Waals surface area (Å²) in [6.45, 7) is -1.22. The van der Waals surface area contributed by atoms with Crippen LogP contribution in [0.4, 0.5) is 8.78 Å². The Kier molecular flexibility index (Phi) is 9.83. The molecule has 0 aliphatic rings. The standard InChI is InChI=1S/C3H5F2O2P.Na/c4-1-3(5)2-8(6)7;/h3H,1-2H2;/q;+1. The van der Waals surface area contributed by atoms with Crippen molar-refractivity contribution in [2.24, 2.45) is 0 Å². The molecule has 0 radical (unpaired) electrons. The second kappa shape index (κ2) is 7.03. The van der Waals surface area contributed by atoms with Crippen molar-refractivity contribution < 1.29 is 47.8 Å². The molecule has 0 heterocycles. The first kappa shape index (κ1) is 12.6. The molecule has 0 saturated heterocycles. The Balaban J connectivity index is 0. The minimum Gasteiger partial charge on any atom is -0.595 e. The van der Waals surface area contributed by atoms with Crippen LogP contribution in [0.1, 0.15) is 0 Å². The maximum absolute atomic E-state index is 11.6. The summed E-state index contributed by atoms with van der Waals surface area (Å²) in [5.74, 6) is 0. The second-order valence-corrected chi connectivity index (χ2v) is 2.30. The van der Waals surface area contributed by atoms with E-state index in [1.165, 1.54) is 0 Å². The van der Waals surface area contributed by atoms with Gasteiger partial charge in [-0.3, -0.25) is 0 Å². The summed E-state index contributed by atoms with van der Waals surface area (Å²) in [5, 5.41) is 0. The largest absolute Gasteiger partial charge is 1.00 e. The van der Waals surface area contributed by atoms with Crippen LogP contribution in [0.5, 0.6) is 0 Å². The van der Waals surface area contributed by atoms with E-state index in [-0.39, 0.29) is 29.6 Å². The van der Waals surface area contributed by atoms with E-state index in [9.17, 15) is 18.2 Å². The Morgan fingerprint density at radius 3 is 2.22 bits per heavy atom. The SMILES string of the molecule is O=[P+]([O-])CC(F)CF.[Na+]. The molecule has 0 saturated carbocycles. The van der Waals surface area contributed by atoms with Gasteiger partial charge in [-0.2, -0.15) is 0 Å². The molecule has 0 spiro atoms. The van der Waals surface area contributed by atoms with Crippen LogP contribution >= 0.6 is 8.03 Å². The van der Waals surface area contributed by atoms with Crippen LogP contribution in [0, 0.1) is 0 Å². The molecule has 0 aliphatic heterocycles. The van der Waals surface area contributed by atoms with Gasteiger partial charge in [0.1, 0.15) is 6.67 Å². The Morgan fingerprint density at radius 2 is 2.11 bits per heavy atom. The van der Waals surface area contributed by atoms with Crippen molar-refractivity contribution in [3.05, 3.63) is 0 Å². The van der Waals surface area contributed by atoms with E-state index in [0.29, 0.717) is 0 Å². The zero-order valence-electron chi connectivity index (χ0n) is 5.01. The van der Waals surface area contributed by atoms with Gasteiger partial charge in [0.15, 0.2) is 12.3 Å². The molecule has 0 aromatic carbocycles. The molecule has 0 amide bonds. The fourth-order valence-electron chi connectivity index (χ4n) is 0.211. The number of halogens is 2. The van der Waals surface area contributed by atoms with Crippen molar-refractivity contribution in [3.63, 3.8) is 0 Å². The normalized spacial score (nSPS) is 13.9. The summed E-state index contributed by atoms with van der Waals surface area (Å²) in [4.78, 5) is 9.60. The summed E-state index contributed by atoms with van der Waals surface area (Å²) in [5.41, 5.74) is 0. The van der Waals surface area contributed by atoms with Gasteiger partial charge in [0, 0.05) is 0 Å². The Morgan fingerprint density at radius 1 is 1.67 bits per heavy atom. The van der Waals surface area contributed by atoms with Crippen LogP contribution in [0.3, 0.4) is 0 Å². The third-order valence-electron chi connectivity index (χ3n) is 0.515. The van der Waals surface area contributed by atoms with Crippen LogP contribution in [-0.4, -0.2) is 19.0 Å². The topological polar surface area (TPSA) is 40.1 Å². The van der Waals surface area contributed by atoms with E-state index >= 15 is 0 Å². The van der Waals surface area contributed by atoms with Gasteiger partial charge < -0.3 is 4.89 Å². The van der Waals surface area contributed by atoms with Crippen molar-refractivity contribution in [2.75, 3.05) is 12.8 Å². The zero-order valence-corrected chi connectivity index (χ0v) is 7.91. The molecule has 6 heteroatoms. The summed E-state index contributed by atoms with van der Waals surface area (Å²) in [6, 6.07) is 0. The van der Waals surface area contributed by atoms with Gasteiger partial charge in [-0.05, 0) is 0 Å². The zero-order chi connectivity index (χ0) is 6.57. The van der Waals surface area contributed by atoms with Crippen LogP contribution in [0.2, 0.25) is 0 Å². The van der Waals surface area contributed by atoms with Gasteiger partial charge in [0.2, 0.25) is 0 Å². The van der Waals surface area contributed by atoms with Gasteiger partial charge in [-0.1, -0.05) is 4.57 Å². The molecular formula is C3H5F2NaO2P+. The molecule has 0 N–H and O–H groups in total. The van der Waals surface area contributed by atoms with Crippen molar-refractivity contribution in [1.82, 2.24) is 0 Å². The first-order valence-corrected chi connectivity index (χ1v) is 3.35. The molecule has 0 aromatic rings. The van der Waals surface area contributed by atoms with Crippen molar-refractivity contribution >= 4 is 8.03 Å². The van der Waals surface area contributed by atoms with E-state index in [1.54, 1.807) is 0 Å². The maximum Gasteiger partial charge on any atom is 1.00 e. The van der Waals surface area contributed by atoms with Crippen LogP contribution in [-0.2, 0) is 4.57 Å². The fourth-order valence-corrected chi connectivity index (χ4v) is 0.632. The van der Waals surface area contributed by atoms with Crippen molar-refractivity contribution in [2.45, 2.75) is 6.17 Å². The molecule has 0 rings (SSSR count). The predicted octanol–water partition coefficient (Wildman–Crippen LogP) is -2.60. The molecule has 2 nitrogen and oxygen atoms in total. The molecule has 2 unspecified atom stereocenters. The molecule has 0 bridgehead atoms. The predicted molar refractivity (Wildman–Crippen MR) is 23.3 cm³/mol. The van der Waals surface area contributed by atoms with Crippen LogP contribution < -0.4 is 34.5 Å². The summed E-state index contributed by atoms with van der Waals surface area (Å²) in [6.07, 6.45) is -2.54. The molecular weight excluding hydrogens is 160 g/mol. The molecule has 48 valence electrons. The molecule has 2 atom stereocenters. The van der Waals surface area contributed by atoms with Crippen molar-refractivity contribution in [3.8, 4) is 0 Å². The monoisotopic (exact) mass is 165 g/mol. The molecule has 0 aliphatic carbocycles. The first-order valence-electron chi connectivity index (χ1n) is 1.98. The van der Waals surface area contributed by atoms with Gasteiger partial charge in [0.05, 0.1) is 0 Å². The summed E-state index contributed by atoms with van der Waals surface area (Å²) < 4.78 is 32.3. The Bertz CT molecular complexity index is 91.9. The number of hydrogen-bond acceptors (Lipinski definition) is 2. The van der Waals surface area contributed by atoms with Gasteiger partial charge >= 0.3 is 37.6 Å². The van der Waals surface area contributed by atoms with E-state index in [0.717, 1.165) is 0 Å². The van der Waals surface area contributed by atoms with Gasteiger partial charge in [-0.15, -0.1) is 0 Å². The fraction of sp³-hybridized carbons (Fsp3) is 1.00. The van der Waals surface area contributed by atoms with E-state index in [1.807, 2.05) is 0 Å². The van der Waals surface area contributed by atoms with Crippen molar-refractivity contribution in [1.29, 1.82) is 0 Å². The Hall–Kier alpha value is 0.920. The maximum atomic E-state index is 11.6. The first-order chi connectivity index (χ1) is 3.66. The average molecular weight is 165 g/mol. The smallest absolute Gasteiger partial charge is 0.595 e. The number of alkyl halides is 2. The molecule has 0 fully saturated rings. The minimum absolute atomic E-state index is 0. The van der Waals surface area contributed by atoms with E-state index in [2.05, 4.69) is 0 Å². The third kappa shape index (κ3) is 8.92. The van der Waals surface area contributed by atoms with Crippen LogP contribution in [0.25, 0.3) is 0 Å². The van der Waals surface area contributed by atoms with Crippen LogP contribution in [0.15, 0.2) is 0 Å².